The van der Waals surface area contributed by atoms with Gasteiger partial charge in [0.2, 0.25) is 17.7 Å². The van der Waals surface area contributed by atoms with Crippen LogP contribution >= 0.6 is 11.6 Å². The Bertz CT molecular complexity index is 1220. The van der Waals surface area contributed by atoms with E-state index in [2.05, 4.69) is 10.6 Å². The summed E-state index contributed by atoms with van der Waals surface area (Å²) in [4.78, 5) is 42.8. The quantitative estimate of drug-likeness (QED) is 0.515. The predicted octanol–water partition coefficient (Wildman–Crippen LogP) is 3.05. The molecule has 2 aromatic rings. The highest BCUT2D eigenvalue weighted by atomic mass is 35.5. The lowest BCUT2D eigenvalue weighted by atomic mass is 9.66. The van der Waals surface area contributed by atoms with Crippen molar-refractivity contribution < 1.29 is 24.2 Å². The smallest absolute Gasteiger partial charge is 0.250 e. The van der Waals surface area contributed by atoms with Gasteiger partial charge in [0.1, 0.15) is 11.6 Å². The SMILES string of the molecule is Cc1cccc(Cl)c1NC(=O)C1N([C@H](C)CO)C(=O)[C@@H]2[C@@H](C(=O)NCc3ccccc3)[C@@]3(C)CCC12O3. The molecule has 37 heavy (non-hydrogen) atoms. The average Bonchev–Trinajstić information content (AvgIpc) is 3.45. The average molecular weight is 526 g/mol. The predicted molar refractivity (Wildman–Crippen MR) is 139 cm³/mol. The van der Waals surface area contributed by atoms with E-state index in [-0.39, 0.29) is 18.4 Å². The fourth-order valence-electron chi connectivity index (χ4n) is 6.50. The Morgan fingerprint density at radius 2 is 1.89 bits per heavy atom. The second-order valence-corrected chi connectivity index (χ2v) is 11.0. The van der Waals surface area contributed by atoms with E-state index >= 15 is 0 Å². The summed E-state index contributed by atoms with van der Waals surface area (Å²) >= 11 is 6.38. The topological polar surface area (TPSA) is 108 Å². The Balaban J connectivity index is 1.49. The van der Waals surface area contributed by atoms with Crippen molar-refractivity contribution >= 4 is 35.0 Å². The lowest BCUT2D eigenvalue weighted by Gasteiger charge is -2.35. The lowest BCUT2D eigenvalue weighted by molar-refractivity contribution is -0.147. The second kappa shape index (κ2) is 9.42. The number of ether oxygens (including phenoxy) is 1. The highest BCUT2D eigenvalue weighted by Crippen LogP contribution is 2.63. The monoisotopic (exact) mass is 525 g/mol. The number of benzene rings is 2. The van der Waals surface area contributed by atoms with Gasteiger partial charge in [-0.3, -0.25) is 14.4 Å². The highest BCUT2D eigenvalue weighted by molar-refractivity contribution is 6.34. The van der Waals surface area contributed by atoms with Gasteiger partial charge in [-0.05, 0) is 50.8 Å². The number of carbonyl (C=O) groups is 3. The number of nitrogens with zero attached hydrogens (tertiary/aromatic N) is 1. The fraction of sp³-hybridized carbons (Fsp3) is 0.464. The van der Waals surface area contributed by atoms with Gasteiger partial charge in [-0.1, -0.05) is 54.1 Å². The van der Waals surface area contributed by atoms with Crippen LogP contribution in [0.1, 0.15) is 37.8 Å². The molecular formula is C28H32ClN3O5. The standard InChI is InChI=1S/C28H32ClN3O5/c1-16-8-7-11-19(29)22(16)31-25(35)23-28-13-12-27(3,37-28)20(21(28)26(36)32(23)17(2)15-33)24(34)30-14-18-9-5-4-6-10-18/h4-11,17,20-21,23,33H,12-15H2,1-3H3,(H,30,34)(H,31,35)/t17-,20+,21+,23?,27-,28?/m1/s1. The van der Waals surface area contributed by atoms with Gasteiger partial charge >= 0.3 is 0 Å². The summed E-state index contributed by atoms with van der Waals surface area (Å²) in [6, 6.07) is 13.2. The number of aryl methyl sites for hydroxylation is 1. The van der Waals surface area contributed by atoms with Crippen LogP contribution < -0.4 is 10.6 Å². The zero-order valence-electron chi connectivity index (χ0n) is 21.2. The van der Waals surface area contributed by atoms with E-state index in [1.807, 2.05) is 50.2 Å². The van der Waals surface area contributed by atoms with Crippen LogP contribution in [-0.4, -0.2) is 57.6 Å². The summed E-state index contributed by atoms with van der Waals surface area (Å²) in [7, 11) is 0. The van der Waals surface area contributed by atoms with Crippen molar-refractivity contribution in [1.82, 2.24) is 10.2 Å². The zero-order chi connectivity index (χ0) is 26.5. The number of hydrogen-bond donors (Lipinski definition) is 3. The molecule has 6 atom stereocenters. The molecule has 0 radical (unpaired) electrons. The third kappa shape index (κ3) is 4.02. The Morgan fingerprint density at radius 1 is 1.16 bits per heavy atom. The Labute approximate surface area is 221 Å². The van der Waals surface area contributed by atoms with Gasteiger partial charge in [-0.15, -0.1) is 0 Å². The van der Waals surface area contributed by atoms with E-state index < -0.39 is 41.0 Å². The van der Waals surface area contributed by atoms with Gasteiger partial charge in [0.25, 0.3) is 0 Å². The normalized spacial score (nSPS) is 30.8. The van der Waals surface area contributed by atoms with Gasteiger partial charge in [0.05, 0.1) is 40.8 Å². The van der Waals surface area contributed by atoms with Crippen molar-refractivity contribution in [3.05, 3.63) is 64.7 Å². The van der Waals surface area contributed by atoms with Crippen molar-refractivity contribution in [3.63, 3.8) is 0 Å². The summed E-state index contributed by atoms with van der Waals surface area (Å²) in [6.45, 7) is 5.38. The van der Waals surface area contributed by atoms with Crippen molar-refractivity contribution in [2.24, 2.45) is 11.8 Å². The summed E-state index contributed by atoms with van der Waals surface area (Å²) in [5.41, 5.74) is 0.134. The molecule has 3 aliphatic heterocycles. The summed E-state index contributed by atoms with van der Waals surface area (Å²) < 4.78 is 6.59. The Hall–Kier alpha value is -2.94. The second-order valence-electron chi connectivity index (χ2n) is 10.6. The molecule has 3 heterocycles. The maximum absolute atomic E-state index is 14.0. The van der Waals surface area contributed by atoms with Crippen LogP contribution in [0.5, 0.6) is 0 Å². The van der Waals surface area contributed by atoms with Crippen LogP contribution in [0.4, 0.5) is 5.69 Å². The number of halogens is 1. The number of aliphatic hydroxyl groups excluding tert-OH is 1. The summed E-state index contributed by atoms with van der Waals surface area (Å²) in [6.07, 6.45) is 0.993. The van der Waals surface area contributed by atoms with Crippen molar-refractivity contribution in [3.8, 4) is 0 Å². The van der Waals surface area contributed by atoms with Gasteiger partial charge in [0, 0.05) is 6.54 Å². The summed E-state index contributed by atoms with van der Waals surface area (Å²) in [5.74, 6) is -2.65. The first-order valence-corrected chi connectivity index (χ1v) is 13.0. The molecule has 0 aromatic heterocycles. The number of hydrogen-bond acceptors (Lipinski definition) is 5. The molecule has 0 saturated carbocycles. The van der Waals surface area contributed by atoms with Crippen LogP contribution in [0.15, 0.2) is 48.5 Å². The van der Waals surface area contributed by atoms with E-state index in [4.69, 9.17) is 16.3 Å². The van der Waals surface area contributed by atoms with Crippen LogP contribution in [-0.2, 0) is 25.7 Å². The number of amides is 3. The van der Waals surface area contributed by atoms with Gasteiger partial charge in [0.15, 0.2) is 0 Å². The van der Waals surface area contributed by atoms with E-state index in [9.17, 15) is 19.5 Å². The number of para-hydroxylation sites is 1. The van der Waals surface area contributed by atoms with E-state index in [1.165, 1.54) is 4.90 Å². The minimum atomic E-state index is -1.18. The van der Waals surface area contributed by atoms with E-state index in [1.54, 1.807) is 19.1 Å². The number of rotatable bonds is 7. The minimum Gasteiger partial charge on any atom is -0.394 e. The molecule has 5 rings (SSSR count). The molecule has 196 valence electrons. The Morgan fingerprint density at radius 3 is 2.57 bits per heavy atom. The van der Waals surface area contributed by atoms with E-state index in [0.29, 0.717) is 30.1 Å². The van der Waals surface area contributed by atoms with Gasteiger partial charge in [-0.2, -0.15) is 0 Å². The number of fused-ring (bicyclic) bond motifs is 1. The number of likely N-dealkylation sites (tertiary alicyclic amines) is 1. The van der Waals surface area contributed by atoms with Crippen molar-refractivity contribution in [2.45, 2.75) is 63.4 Å². The first-order chi connectivity index (χ1) is 17.6. The molecule has 8 nitrogen and oxygen atoms in total. The first kappa shape index (κ1) is 25.7. The third-order valence-electron chi connectivity index (χ3n) is 8.26. The molecular weight excluding hydrogens is 494 g/mol. The van der Waals surface area contributed by atoms with Crippen LogP contribution in [0.3, 0.4) is 0 Å². The Kier molecular flexibility index (Phi) is 6.54. The lowest BCUT2D eigenvalue weighted by Crippen LogP contribution is -2.56. The molecule has 2 unspecified atom stereocenters. The van der Waals surface area contributed by atoms with Gasteiger partial charge in [-0.25, -0.2) is 0 Å². The maximum atomic E-state index is 14.0. The highest BCUT2D eigenvalue weighted by Gasteiger charge is 2.78. The van der Waals surface area contributed by atoms with E-state index in [0.717, 1.165) is 11.1 Å². The first-order valence-electron chi connectivity index (χ1n) is 12.6. The maximum Gasteiger partial charge on any atom is 0.250 e. The molecule has 3 saturated heterocycles. The van der Waals surface area contributed by atoms with Crippen LogP contribution in [0.25, 0.3) is 0 Å². The van der Waals surface area contributed by atoms with Crippen molar-refractivity contribution in [1.29, 1.82) is 0 Å². The molecule has 3 aliphatic rings. The molecule has 3 N–H and O–H groups in total. The number of carbonyl (C=O) groups excluding carboxylic acids is 3. The largest absolute Gasteiger partial charge is 0.394 e. The molecule has 3 amide bonds. The molecule has 1 spiro atoms. The van der Waals surface area contributed by atoms with Crippen LogP contribution in [0, 0.1) is 18.8 Å². The third-order valence-corrected chi connectivity index (χ3v) is 8.58. The number of aliphatic hydroxyl groups is 1. The molecule has 2 aromatic carbocycles. The van der Waals surface area contributed by atoms with Crippen LogP contribution in [0.2, 0.25) is 5.02 Å². The number of nitrogens with one attached hydrogen (secondary N) is 2. The molecule has 3 fully saturated rings. The molecule has 2 bridgehead atoms. The number of anilines is 1. The van der Waals surface area contributed by atoms with Gasteiger partial charge < -0.3 is 25.4 Å². The zero-order valence-corrected chi connectivity index (χ0v) is 21.9. The molecule has 0 aliphatic carbocycles. The van der Waals surface area contributed by atoms with Crippen molar-refractivity contribution in [2.75, 3.05) is 11.9 Å². The molecule has 9 heteroatoms. The minimum absolute atomic E-state index is 0.272. The summed E-state index contributed by atoms with van der Waals surface area (Å²) in [5, 5.41) is 16.3. The fourth-order valence-corrected chi connectivity index (χ4v) is 6.77.